The van der Waals surface area contributed by atoms with Crippen molar-refractivity contribution in [1.29, 1.82) is 0 Å². The Hall–Kier alpha value is -1.02. The highest BCUT2D eigenvalue weighted by molar-refractivity contribution is 5.29. The van der Waals surface area contributed by atoms with E-state index in [2.05, 4.69) is 32.9 Å². The van der Waals surface area contributed by atoms with Crippen LogP contribution in [0.1, 0.15) is 45.2 Å². The second-order valence-electron chi connectivity index (χ2n) is 5.52. The van der Waals surface area contributed by atoms with Crippen LogP contribution in [0.3, 0.4) is 0 Å². The zero-order valence-electron chi connectivity index (χ0n) is 11.0. The molecule has 1 aliphatic rings. The predicted octanol–water partition coefficient (Wildman–Crippen LogP) is 3.52. The molecule has 2 rings (SSSR count). The van der Waals surface area contributed by atoms with Gasteiger partial charge in [0.2, 0.25) is 0 Å². The maximum Gasteiger partial charge on any atom is 0.119 e. The van der Waals surface area contributed by atoms with E-state index in [1.807, 2.05) is 12.1 Å². The monoisotopic (exact) mass is 233 g/mol. The molecule has 2 unspecified atom stereocenters. The first-order chi connectivity index (χ1) is 8.08. The van der Waals surface area contributed by atoms with Crippen LogP contribution < -0.4 is 10.5 Å². The number of nitrogens with two attached hydrogens (primary N) is 1. The normalized spacial score (nSPS) is 19.1. The summed E-state index contributed by atoms with van der Waals surface area (Å²) in [5.41, 5.74) is 7.47. The first-order valence-corrected chi connectivity index (χ1v) is 6.60. The molecule has 0 spiro atoms. The summed E-state index contributed by atoms with van der Waals surface area (Å²) >= 11 is 0. The quantitative estimate of drug-likeness (QED) is 0.844. The molecule has 0 bridgehead atoms. The largest absolute Gasteiger partial charge is 0.490 e. The molecule has 0 aliphatic heterocycles. The molecule has 1 fully saturated rings. The van der Waals surface area contributed by atoms with Crippen molar-refractivity contribution in [3.63, 3.8) is 0 Å². The van der Waals surface area contributed by atoms with E-state index in [1.165, 1.54) is 18.4 Å². The van der Waals surface area contributed by atoms with E-state index >= 15 is 0 Å². The number of rotatable bonds is 5. The van der Waals surface area contributed by atoms with Crippen LogP contribution in [0, 0.1) is 11.8 Å². The molecule has 2 nitrogen and oxygen atoms in total. The van der Waals surface area contributed by atoms with Crippen molar-refractivity contribution in [2.45, 2.75) is 45.8 Å². The Bertz CT molecular complexity index is 354. The second-order valence-corrected chi connectivity index (χ2v) is 5.52. The third-order valence-electron chi connectivity index (χ3n) is 3.71. The average Bonchev–Trinajstić information content (AvgIpc) is 3.12. The fraction of sp³-hybridized carbons (Fsp3) is 0.600. The van der Waals surface area contributed by atoms with Crippen molar-refractivity contribution in [3.8, 4) is 5.75 Å². The first-order valence-electron chi connectivity index (χ1n) is 6.60. The molecule has 17 heavy (non-hydrogen) atoms. The SMILES string of the molecule is CC(C)C(C)C(N)c1ccc(OC2CC2)cc1. The van der Waals surface area contributed by atoms with Crippen molar-refractivity contribution in [1.82, 2.24) is 0 Å². The zero-order chi connectivity index (χ0) is 12.4. The molecule has 0 aromatic heterocycles. The summed E-state index contributed by atoms with van der Waals surface area (Å²) in [4.78, 5) is 0. The summed E-state index contributed by atoms with van der Waals surface area (Å²) in [6.07, 6.45) is 2.86. The van der Waals surface area contributed by atoms with Gasteiger partial charge in [-0.15, -0.1) is 0 Å². The summed E-state index contributed by atoms with van der Waals surface area (Å²) < 4.78 is 5.73. The molecule has 2 N–H and O–H groups in total. The highest BCUT2D eigenvalue weighted by Gasteiger charge is 2.23. The third kappa shape index (κ3) is 3.22. The molecule has 0 heterocycles. The van der Waals surface area contributed by atoms with E-state index in [9.17, 15) is 0 Å². The fourth-order valence-electron chi connectivity index (χ4n) is 1.87. The molecule has 94 valence electrons. The second kappa shape index (κ2) is 5.09. The van der Waals surface area contributed by atoms with Crippen LogP contribution in [0.25, 0.3) is 0 Å². The zero-order valence-corrected chi connectivity index (χ0v) is 11.0. The van der Waals surface area contributed by atoms with Crippen molar-refractivity contribution in [2.75, 3.05) is 0 Å². The van der Waals surface area contributed by atoms with Gasteiger partial charge in [-0.1, -0.05) is 32.9 Å². The Labute approximate surface area is 104 Å². The Morgan fingerprint density at radius 3 is 2.18 bits per heavy atom. The standard InChI is InChI=1S/C15H23NO/c1-10(2)11(3)15(16)12-4-6-13(7-5-12)17-14-8-9-14/h4-7,10-11,14-15H,8-9,16H2,1-3H3. The van der Waals surface area contributed by atoms with Crippen LogP contribution >= 0.6 is 0 Å². The van der Waals surface area contributed by atoms with Crippen LogP contribution in [-0.2, 0) is 0 Å². The van der Waals surface area contributed by atoms with Gasteiger partial charge in [-0.25, -0.2) is 0 Å². The van der Waals surface area contributed by atoms with Gasteiger partial charge in [0, 0.05) is 6.04 Å². The highest BCUT2D eigenvalue weighted by atomic mass is 16.5. The summed E-state index contributed by atoms with van der Waals surface area (Å²) in [6, 6.07) is 8.40. The topological polar surface area (TPSA) is 35.2 Å². The van der Waals surface area contributed by atoms with Gasteiger partial charge < -0.3 is 10.5 Å². The van der Waals surface area contributed by atoms with Crippen LogP contribution in [-0.4, -0.2) is 6.10 Å². The summed E-state index contributed by atoms with van der Waals surface area (Å²) in [7, 11) is 0. The van der Waals surface area contributed by atoms with Crippen molar-refractivity contribution >= 4 is 0 Å². The maximum absolute atomic E-state index is 6.26. The average molecular weight is 233 g/mol. The van der Waals surface area contributed by atoms with Gasteiger partial charge in [-0.3, -0.25) is 0 Å². The van der Waals surface area contributed by atoms with Crippen molar-refractivity contribution in [2.24, 2.45) is 17.6 Å². The summed E-state index contributed by atoms with van der Waals surface area (Å²) in [6.45, 7) is 6.65. The molecule has 2 atom stereocenters. The number of hydrogen-bond acceptors (Lipinski definition) is 2. The summed E-state index contributed by atoms with van der Waals surface area (Å²) in [5.74, 6) is 2.07. The van der Waals surface area contributed by atoms with Crippen LogP contribution in [0.5, 0.6) is 5.75 Å². The summed E-state index contributed by atoms with van der Waals surface area (Å²) in [5, 5.41) is 0. The maximum atomic E-state index is 6.26. The van der Waals surface area contributed by atoms with E-state index < -0.39 is 0 Å². The first kappa shape index (κ1) is 12.4. The van der Waals surface area contributed by atoms with Gasteiger partial charge in [-0.05, 0) is 42.4 Å². The molecule has 0 radical (unpaired) electrons. The molecule has 0 amide bonds. The van der Waals surface area contributed by atoms with Crippen molar-refractivity contribution < 1.29 is 4.74 Å². The van der Waals surface area contributed by atoms with Gasteiger partial charge in [0.05, 0.1) is 6.10 Å². The van der Waals surface area contributed by atoms with E-state index in [1.54, 1.807) is 0 Å². The lowest BCUT2D eigenvalue weighted by atomic mass is 9.87. The molecular formula is C15H23NO. The molecule has 1 aromatic rings. The lowest BCUT2D eigenvalue weighted by Crippen LogP contribution is -2.22. The van der Waals surface area contributed by atoms with E-state index in [0.717, 1.165) is 5.75 Å². The van der Waals surface area contributed by atoms with Gasteiger partial charge in [0.25, 0.3) is 0 Å². The Morgan fingerprint density at radius 2 is 1.71 bits per heavy atom. The van der Waals surface area contributed by atoms with Gasteiger partial charge in [0.1, 0.15) is 5.75 Å². The number of benzene rings is 1. The van der Waals surface area contributed by atoms with E-state index in [4.69, 9.17) is 10.5 Å². The molecule has 1 aromatic carbocycles. The van der Waals surface area contributed by atoms with Gasteiger partial charge >= 0.3 is 0 Å². The fourth-order valence-corrected chi connectivity index (χ4v) is 1.87. The minimum absolute atomic E-state index is 0.116. The van der Waals surface area contributed by atoms with Crippen LogP contribution in [0.4, 0.5) is 0 Å². The predicted molar refractivity (Wildman–Crippen MR) is 71.0 cm³/mol. The molecule has 0 saturated heterocycles. The van der Waals surface area contributed by atoms with E-state index in [0.29, 0.717) is 17.9 Å². The van der Waals surface area contributed by atoms with Gasteiger partial charge in [-0.2, -0.15) is 0 Å². The number of hydrogen-bond donors (Lipinski definition) is 1. The van der Waals surface area contributed by atoms with Crippen molar-refractivity contribution in [3.05, 3.63) is 29.8 Å². The molecule has 2 heteroatoms. The highest BCUT2D eigenvalue weighted by Crippen LogP contribution is 2.29. The van der Waals surface area contributed by atoms with E-state index in [-0.39, 0.29) is 6.04 Å². The minimum Gasteiger partial charge on any atom is -0.490 e. The number of ether oxygens (including phenoxy) is 1. The minimum atomic E-state index is 0.116. The lowest BCUT2D eigenvalue weighted by Gasteiger charge is -2.23. The lowest BCUT2D eigenvalue weighted by molar-refractivity contribution is 0.302. The molecule has 1 aliphatic carbocycles. The van der Waals surface area contributed by atoms with Crippen LogP contribution in [0.2, 0.25) is 0 Å². The smallest absolute Gasteiger partial charge is 0.119 e. The Balaban J connectivity index is 2.00. The Morgan fingerprint density at radius 1 is 1.12 bits per heavy atom. The van der Waals surface area contributed by atoms with Crippen LogP contribution in [0.15, 0.2) is 24.3 Å². The molecular weight excluding hydrogens is 210 g/mol. The third-order valence-corrected chi connectivity index (χ3v) is 3.71. The van der Waals surface area contributed by atoms with Gasteiger partial charge in [0.15, 0.2) is 0 Å². The molecule has 1 saturated carbocycles. The Kier molecular flexibility index (Phi) is 3.72.